The molecule has 0 bridgehead atoms. The van der Waals surface area contributed by atoms with E-state index in [4.69, 9.17) is 0 Å². The lowest BCUT2D eigenvalue weighted by Crippen LogP contribution is -2.34. The van der Waals surface area contributed by atoms with Crippen LogP contribution in [0, 0.1) is 12.7 Å². The van der Waals surface area contributed by atoms with Crippen LogP contribution in [0.25, 0.3) is 22.0 Å². The van der Waals surface area contributed by atoms with E-state index in [2.05, 4.69) is 15.6 Å². The molecule has 0 spiro atoms. The SMILES string of the molecule is CC[C@@H](O)CNC(=O)Nc1ccc2nc(C)c(-c3ccccc3F)cc2c1. The maximum absolute atomic E-state index is 14.2. The van der Waals surface area contributed by atoms with Gasteiger partial charge in [0.1, 0.15) is 5.82 Å². The molecule has 0 saturated carbocycles. The van der Waals surface area contributed by atoms with Crippen molar-refractivity contribution in [3.05, 3.63) is 60.0 Å². The first-order chi connectivity index (χ1) is 13.0. The molecule has 1 heterocycles. The van der Waals surface area contributed by atoms with E-state index in [0.29, 0.717) is 23.2 Å². The molecular formula is C21H22FN3O2. The topological polar surface area (TPSA) is 74.2 Å². The van der Waals surface area contributed by atoms with Gasteiger partial charge in [-0.1, -0.05) is 25.1 Å². The number of anilines is 1. The van der Waals surface area contributed by atoms with Gasteiger partial charge >= 0.3 is 6.03 Å². The number of aryl methyl sites for hydroxylation is 1. The summed E-state index contributed by atoms with van der Waals surface area (Å²) in [5.41, 5.74) is 3.30. The Morgan fingerprint density at radius 2 is 1.96 bits per heavy atom. The van der Waals surface area contributed by atoms with Gasteiger partial charge in [0.15, 0.2) is 0 Å². The predicted octanol–water partition coefficient (Wildman–Crippen LogP) is 4.24. The fraction of sp³-hybridized carbons (Fsp3) is 0.238. The molecule has 0 unspecified atom stereocenters. The summed E-state index contributed by atoms with van der Waals surface area (Å²) in [6, 6.07) is 13.4. The lowest BCUT2D eigenvalue weighted by Gasteiger charge is -2.12. The number of aliphatic hydroxyl groups is 1. The number of hydrogen-bond donors (Lipinski definition) is 3. The highest BCUT2D eigenvalue weighted by Crippen LogP contribution is 2.29. The van der Waals surface area contributed by atoms with E-state index in [1.54, 1.807) is 30.3 Å². The third kappa shape index (κ3) is 4.41. The second-order valence-electron chi connectivity index (χ2n) is 6.41. The van der Waals surface area contributed by atoms with Gasteiger partial charge in [-0.2, -0.15) is 0 Å². The minimum atomic E-state index is -0.567. The fourth-order valence-electron chi connectivity index (χ4n) is 2.83. The van der Waals surface area contributed by atoms with E-state index < -0.39 is 12.1 Å². The van der Waals surface area contributed by atoms with Gasteiger partial charge in [-0.25, -0.2) is 9.18 Å². The van der Waals surface area contributed by atoms with Crippen molar-refractivity contribution >= 4 is 22.6 Å². The number of rotatable bonds is 5. The first-order valence-corrected chi connectivity index (χ1v) is 8.87. The van der Waals surface area contributed by atoms with Gasteiger partial charge in [-0.05, 0) is 43.7 Å². The minimum absolute atomic E-state index is 0.189. The van der Waals surface area contributed by atoms with Crippen molar-refractivity contribution in [2.75, 3.05) is 11.9 Å². The number of halogens is 1. The number of amides is 2. The summed E-state index contributed by atoms with van der Waals surface area (Å²) in [4.78, 5) is 16.5. The van der Waals surface area contributed by atoms with E-state index in [1.807, 2.05) is 26.0 Å². The highest BCUT2D eigenvalue weighted by molar-refractivity contribution is 5.93. The van der Waals surface area contributed by atoms with Crippen LogP contribution in [0.15, 0.2) is 48.5 Å². The lowest BCUT2D eigenvalue weighted by molar-refractivity contribution is 0.168. The molecule has 0 aliphatic carbocycles. The number of carbonyl (C=O) groups is 1. The van der Waals surface area contributed by atoms with Crippen molar-refractivity contribution in [2.45, 2.75) is 26.4 Å². The van der Waals surface area contributed by atoms with E-state index in [0.717, 1.165) is 16.6 Å². The summed E-state index contributed by atoms with van der Waals surface area (Å²) in [7, 11) is 0. The first-order valence-electron chi connectivity index (χ1n) is 8.87. The monoisotopic (exact) mass is 367 g/mol. The Balaban J connectivity index is 1.87. The largest absolute Gasteiger partial charge is 0.391 e. The quantitative estimate of drug-likeness (QED) is 0.631. The van der Waals surface area contributed by atoms with E-state index in [-0.39, 0.29) is 12.4 Å². The molecular weight excluding hydrogens is 345 g/mol. The Hall–Kier alpha value is -2.99. The van der Waals surface area contributed by atoms with Crippen LogP contribution in [0.2, 0.25) is 0 Å². The van der Waals surface area contributed by atoms with E-state index in [9.17, 15) is 14.3 Å². The molecule has 140 valence electrons. The summed E-state index contributed by atoms with van der Waals surface area (Å²) < 4.78 is 14.2. The maximum Gasteiger partial charge on any atom is 0.319 e. The van der Waals surface area contributed by atoms with Crippen molar-refractivity contribution in [3.63, 3.8) is 0 Å². The first kappa shape index (κ1) is 18.8. The second-order valence-corrected chi connectivity index (χ2v) is 6.41. The number of nitrogens with one attached hydrogen (secondary N) is 2. The highest BCUT2D eigenvalue weighted by atomic mass is 19.1. The molecule has 6 heteroatoms. The van der Waals surface area contributed by atoms with Gasteiger partial charge in [-0.15, -0.1) is 0 Å². The molecule has 3 N–H and O–H groups in total. The summed E-state index contributed by atoms with van der Waals surface area (Å²) in [6.45, 7) is 3.88. The zero-order valence-electron chi connectivity index (χ0n) is 15.3. The number of pyridine rings is 1. The van der Waals surface area contributed by atoms with Crippen LogP contribution in [0.4, 0.5) is 14.9 Å². The smallest absolute Gasteiger partial charge is 0.319 e. The van der Waals surface area contributed by atoms with Crippen LogP contribution in [-0.2, 0) is 0 Å². The molecule has 3 rings (SSSR count). The van der Waals surface area contributed by atoms with Crippen LogP contribution in [0.5, 0.6) is 0 Å². The molecule has 2 aromatic carbocycles. The Kier molecular flexibility index (Phi) is 5.66. The van der Waals surface area contributed by atoms with Crippen LogP contribution in [-0.4, -0.2) is 28.8 Å². The van der Waals surface area contributed by atoms with Crippen molar-refractivity contribution in [3.8, 4) is 11.1 Å². The Bertz CT molecular complexity index is 975. The molecule has 3 aromatic rings. The average Bonchev–Trinajstić information content (AvgIpc) is 2.66. The van der Waals surface area contributed by atoms with Crippen molar-refractivity contribution in [2.24, 2.45) is 0 Å². The number of carbonyl (C=O) groups excluding carboxylic acids is 1. The number of aliphatic hydroxyl groups excluding tert-OH is 1. The Morgan fingerprint density at radius 3 is 2.70 bits per heavy atom. The molecule has 0 fully saturated rings. The maximum atomic E-state index is 14.2. The zero-order valence-corrected chi connectivity index (χ0v) is 15.3. The fourth-order valence-corrected chi connectivity index (χ4v) is 2.83. The lowest BCUT2D eigenvalue weighted by atomic mass is 10.0. The number of benzene rings is 2. The Labute approximate surface area is 157 Å². The predicted molar refractivity (Wildman–Crippen MR) is 105 cm³/mol. The van der Waals surface area contributed by atoms with Crippen LogP contribution < -0.4 is 10.6 Å². The third-order valence-electron chi connectivity index (χ3n) is 4.40. The van der Waals surface area contributed by atoms with Gasteiger partial charge in [0, 0.05) is 34.4 Å². The van der Waals surface area contributed by atoms with Crippen molar-refractivity contribution in [1.29, 1.82) is 0 Å². The number of hydrogen-bond acceptors (Lipinski definition) is 3. The summed E-state index contributed by atoms with van der Waals surface area (Å²) in [5, 5.41) is 15.7. The minimum Gasteiger partial charge on any atom is -0.391 e. The van der Waals surface area contributed by atoms with E-state index in [1.165, 1.54) is 6.07 Å². The molecule has 0 aliphatic heterocycles. The van der Waals surface area contributed by atoms with Crippen LogP contribution in [0.1, 0.15) is 19.0 Å². The summed E-state index contributed by atoms with van der Waals surface area (Å²) in [5.74, 6) is -0.301. The molecule has 2 amide bonds. The number of aromatic nitrogens is 1. The summed E-state index contributed by atoms with van der Waals surface area (Å²) in [6.07, 6.45) is 0.00274. The summed E-state index contributed by atoms with van der Waals surface area (Å²) >= 11 is 0. The molecule has 0 aliphatic rings. The standard InChI is InChI=1S/C21H22FN3O2/c1-3-16(26)12-23-21(27)25-15-8-9-20-14(10-15)11-18(13(2)24-20)17-6-4-5-7-19(17)22/h4-11,16,26H,3,12H2,1-2H3,(H2,23,25,27)/t16-/m1/s1. The van der Waals surface area contributed by atoms with Crippen LogP contribution >= 0.6 is 0 Å². The third-order valence-corrected chi connectivity index (χ3v) is 4.40. The second kappa shape index (κ2) is 8.14. The highest BCUT2D eigenvalue weighted by Gasteiger charge is 2.11. The molecule has 1 atom stereocenters. The van der Waals surface area contributed by atoms with Crippen LogP contribution in [0.3, 0.4) is 0 Å². The molecule has 1 aromatic heterocycles. The van der Waals surface area contributed by atoms with Crippen molar-refractivity contribution in [1.82, 2.24) is 10.3 Å². The van der Waals surface area contributed by atoms with Crippen molar-refractivity contribution < 1.29 is 14.3 Å². The normalized spacial score (nSPS) is 12.0. The number of urea groups is 1. The molecule has 0 saturated heterocycles. The van der Waals surface area contributed by atoms with Gasteiger partial charge in [0.05, 0.1) is 11.6 Å². The molecule has 5 nitrogen and oxygen atoms in total. The van der Waals surface area contributed by atoms with Gasteiger partial charge < -0.3 is 15.7 Å². The van der Waals surface area contributed by atoms with Gasteiger partial charge in [0.25, 0.3) is 0 Å². The van der Waals surface area contributed by atoms with Gasteiger partial charge in [0.2, 0.25) is 0 Å². The molecule has 0 radical (unpaired) electrons. The average molecular weight is 367 g/mol. The number of nitrogens with zero attached hydrogens (tertiary/aromatic N) is 1. The van der Waals surface area contributed by atoms with E-state index >= 15 is 0 Å². The Morgan fingerprint density at radius 1 is 1.19 bits per heavy atom. The number of fused-ring (bicyclic) bond motifs is 1. The zero-order chi connectivity index (χ0) is 19.4. The molecule has 27 heavy (non-hydrogen) atoms. The van der Waals surface area contributed by atoms with Gasteiger partial charge in [-0.3, -0.25) is 4.98 Å².